The first-order valence-corrected chi connectivity index (χ1v) is 10.00. The molecule has 1 atom stereocenters. The number of aryl methyl sites for hydroxylation is 3. The summed E-state index contributed by atoms with van der Waals surface area (Å²) in [5, 5.41) is 3.25. The van der Waals surface area contributed by atoms with Gasteiger partial charge in [0.15, 0.2) is 5.89 Å². The fourth-order valence-electron chi connectivity index (χ4n) is 3.70. The average Bonchev–Trinajstić information content (AvgIpc) is 3.34. The summed E-state index contributed by atoms with van der Waals surface area (Å²) in [6, 6.07) is 11.6. The molecule has 7 heteroatoms. The molecule has 1 aliphatic rings. The first-order valence-electron chi connectivity index (χ1n) is 10.00. The minimum Gasteiger partial charge on any atom is -0.435 e. The van der Waals surface area contributed by atoms with Gasteiger partial charge in [0.1, 0.15) is 11.6 Å². The second-order valence-corrected chi connectivity index (χ2v) is 7.27. The molecule has 7 nitrogen and oxygen atoms in total. The first-order chi connectivity index (χ1) is 14.0. The molecule has 1 amide bonds. The number of hydrogen-bond donors (Lipinski definition) is 1. The molecule has 1 aliphatic heterocycles. The van der Waals surface area contributed by atoms with E-state index in [4.69, 9.17) is 9.40 Å². The molecule has 0 aromatic carbocycles. The van der Waals surface area contributed by atoms with Crippen LogP contribution in [0.3, 0.4) is 0 Å². The summed E-state index contributed by atoms with van der Waals surface area (Å²) in [5.41, 5.74) is 2.44. The molecular weight excluding hydrogens is 366 g/mol. The molecule has 4 rings (SSSR count). The summed E-state index contributed by atoms with van der Waals surface area (Å²) in [5.74, 6) is 2.28. The molecule has 0 radical (unpaired) electrons. The average molecular weight is 391 g/mol. The number of pyridine rings is 2. The molecule has 0 aliphatic carbocycles. The zero-order valence-electron chi connectivity index (χ0n) is 17.0. The van der Waals surface area contributed by atoms with Crippen LogP contribution in [0.1, 0.15) is 59.3 Å². The van der Waals surface area contributed by atoms with Gasteiger partial charge in [-0.15, -0.1) is 0 Å². The van der Waals surface area contributed by atoms with Gasteiger partial charge >= 0.3 is 0 Å². The van der Waals surface area contributed by atoms with E-state index in [0.717, 1.165) is 30.0 Å². The number of carbonyl (C=O) groups excluding carboxylic acids is 1. The number of oxazole rings is 1. The maximum absolute atomic E-state index is 13.1. The van der Waals surface area contributed by atoms with Crippen molar-refractivity contribution in [1.29, 1.82) is 0 Å². The number of nitrogens with one attached hydrogen (secondary N) is 1. The Labute approximate surface area is 170 Å². The molecule has 0 bridgehead atoms. The third kappa shape index (κ3) is 3.99. The maximum atomic E-state index is 13.1. The van der Waals surface area contributed by atoms with Crippen LogP contribution in [-0.4, -0.2) is 32.3 Å². The van der Waals surface area contributed by atoms with Gasteiger partial charge in [-0.1, -0.05) is 19.1 Å². The summed E-state index contributed by atoms with van der Waals surface area (Å²) in [6.07, 6.45) is 2.47. The van der Waals surface area contributed by atoms with Gasteiger partial charge in [0, 0.05) is 18.7 Å². The Bertz CT molecular complexity index is 1030. The van der Waals surface area contributed by atoms with Crippen LogP contribution in [0, 0.1) is 13.8 Å². The monoisotopic (exact) mass is 391 g/mol. The molecule has 1 saturated heterocycles. The van der Waals surface area contributed by atoms with Gasteiger partial charge in [0.2, 0.25) is 5.76 Å². The standard InChI is InChI=1S/C22H25N5O2/c1-4-20-24-15(3)21(29-20)22(28)27-13-7-10-17(27)16-9-6-12-19(25-16)26-18-11-5-8-14(2)23-18/h5-6,8-9,11-12,17H,4,7,10,13H2,1-3H3,(H,23,25,26). The largest absolute Gasteiger partial charge is 0.435 e. The van der Waals surface area contributed by atoms with Crippen molar-refractivity contribution in [2.45, 2.75) is 46.1 Å². The van der Waals surface area contributed by atoms with Gasteiger partial charge in [0.05, 0.1) is 17.4 Å². The fourth-order valence-corrected chi connectivity index (χ4v) is 3.70. The number of nitrogens with zero attached hydrogens (tertiary/aromatic N) is 4. The van der Waals surface area contributed by atoms with Crippen LogP contribution in [0.2, 0.25) is 0 Å². The third-order valence-electron chi connectivity index (χ3n) is 5.11. The highest BCUT2D eigenvalue weighted by atomic mass is 16.4. The van der Waals surface area contributed by atoms with E-state index in [1.165, 1.54) is 0 Å². The Balaban J connectivity index is 1.57. The number of hydrogen-bond acceptors (Lipinski definition) is 6. The second kappa shape index (κ2) is 8.03. The molecule has 3 aromatic heterocycles. The number of amides is 1. The lowest BCUT2D eigenvalue weighted by molar-refractivity contribution is 0.0697. The van der Waals surface area contributed by atoms with E-state index in [0.29, 0.717) is 36.1 Å². The Morgan fingerprint density at radius 3 is 2.62 bits per heavy atom. The highest BCUT2D eigenvalue weighted by molar-refractivity contribution is 5.93. The normalized spacial score (nSPS) is 16.2. The molecule has 0 saturated carbocycles. The molecule has 150 valence electrons. The lowest BCUT2D eigenvalue weighted by Gasteiger charge is -2.24. The predicted molar refractivity (Wildman–Crippen MR) is 110 cm³/mol. The minimum atomic E-state index is -0.113. The highest BCUT2D eigenvalue weighted by Gasteiger charge is 2.34. The Morgan fingerprint density at radius 2 is 1.90 bits per heavy atom. The van der Waals surface area contributed by atoms with Crippen molar-refractivity contribution < 1.29 is 9.21 Å². The van der Waals surface area contributed by atoms with Crippen LogP contribution in [0.5, 0.6) is 0 Å². The fraction of sp³-hybridized carbons (Fsp3) is 0.364. The van der Waals surface area contributed by atoms with Crippen molar-refractivity contribution in [2.75, 3.05) is 11.9 Å². The summed E-state index contributed by atoms with van der Waals surface area (Å²) in [7, 11) is 0. The van der Waals surface area contributed by atoms with Crippen molar-refractivity contribution in [3.05, 3.63) is 65.1 Å². The van der Waals surface area contributed by atoms with Crippen LogP contribution in [0.4, 0.5) is 11.6 Å². The van der Waals surface area contributed by atoms with Gasteiger partial charge in [-0.05, 0) is 51.0 Å². The number of aromatic nitrogens is 3. The maximum Gasteiger partial charge on any atom is 0.292 e. The van der Waals surface area contributed by atoms with Crippen molar-refractivity contribution in [1.82, 2.24) is 19.9 Å². The number of likely N-dealkylation sites (tertiary alicyclic amines) is 1. The zero-order chi connectivity index (χ0) is 20.4. The van der Waals surface area contributed by atoms with Crippen molar-refractivity contribution >= 4 is 17.5 Å². The van der Waals surface area contributed by atoms with E-state index in [1.807, 2.05) is 62.1 Å². The number of carbonyl (C=O) groups is 1. The van der Waals surface area contributed by atoms with Crippen LogP contribution >= 0.6 is 0 Å². The highest BCUT2D eigenvalue weighted by Crippen LogP contribution is 2.33. The van der Waals surface area contributed by atoms with E-state index in [-0.39, 0.29) is 11.9 Å². The molecule has 1 unspecified atom stereocenters. The van der Waals surface area contributed by atoms with E-state index >= 15 is 0 Å². The number of anilines is 2. The van der Waals surface area contributed by atoms with Crippen molar-refractivity contribution in [3.63, 3.8) is 0 Å². The minimum absolute atomic E-state index is 0.0794. The summed E-state index contributed by atoms with van der Waals surface area (Å²) in [4.78, 5) is 28.5. The Morgan fingerprint density at radius 1 is 1.14 bits per heavy atom. The van der Waals surface area contributed by atoms with Gasteiger partial charge in [0.25, 0.3) is 5.91 Å². The predicted octanol–water partition coefficient (Wildman–Crippen LogP) is 4.36. The molecule has 3 aromatic rings. The van der Waals surface area contributed by atoms with E-state index in [2.05, 4.69) is 15.3 Å². The molecule has 1 fully saturated rings. The molecule has 0 spiro atoms. The summed E-state index contributed by atoms with van der Waals surface area (Å²) in [6.45, 7) is 6.42. The quantitative estimate of drug-likeness (QED) is 0.695. The summed E-state index contributed by atoms with van der Waals surface area (Å²) < 4.78 is 5.69. The van der Waals surface area contributed by atoms with Crippen molar-refractivity contribution in [2.24, 2.45) is 0 Å². The Hall–Kier alpha value is -3.22. The number of rotatable bonds is 5. The molecule has 29 heavy (non-hydrogen) atoms. The van der Waals surface area contributed by atoms with Crippen LogP contribution in [-0.2, 0) is 6.42 Å². The lowest BCUT2D eigenvalue weighted by Crippen LogP contribution is -2.31. The molecular formula is C22H25N5O2. The second-order valence-electron chi connectivity index (χ2n) is 7.27. The van der Waals surface area contributed by atoms with E-state index < -0.39 is 0 Å². The van der Waals surface area contributed by atoms with Crippen LogP contribution < -0.4 is 5.32 Å². The van der Waals surface area contributed by atoms with Gasteiger partial charge in [-0.2, -0.15) is 0 Å². The zero-order valence-corrected chi connectivity index (χ0v) is 17.0. The van der Waals surface area contributed by atoms with E-state index in [9.17, 15) is 4.79 Å². The molecule has 4 heterocycles. The topological polar surface area (TPSA) is 84.2 Å². The third-order valence-corrected chi connectivity index (χ3v) is 5.11. The van der Waals surface area contributed by atoms with Gasteiger partial charge in [-0.25, -0.2) is 15.0 Å². The SMILES string of the molecule is CCc1nc(C)c(C(=O)N2CCCC2c2cccc(Nc3cccc(C)n3)n2)o1. The van der Waals surface area contributed by atoms with Crippen molar-refractivity contribution in [3.8, 4) is 0 Å². The lowest BCUT2D eigenvalue weighted by atomic mass is 10.1. The van der Waals surface area contributed by atoms with Gasteiger partial charge in [-0.3, -0.25) is 4.79 Å². The summed E-state index contributed by atoms with van der Waals surface area (Å²) >= 11 is 0. The molecule has 1 N–H and O–H groups in total. The van der Waals surface area contributed by atoms with Gasteiger partial charge < -0.3 is 14.6 Å². The van der Waals surface area contributed by atoms with Crippen LogP contribution in [0.25, 0.3) is 0 Å². The van der Waals surface area contributed by atoms with E-state index in [1.54, 1.807) is 0 Å². The Kier molecular flexibility index (Phi) is 5.29. The van der Waals surface area contributed by atoms with Crippen LogP contribution in [0.15, 0.2) is 40.8 Å². The first kappa shape index (κ1) is 19.1. The smallest absolute Gasteiger partial charge is 0.292 e.